The molecule has 138 valence electrons. The van der Waals surface area contributed by atoms with Crippen LogP contribution in [0.4, 0.5) is 10.1 Å². The molecule has 3 rings (SSSR count). The van der Waals surface area contributed by atoms with Crippen molar-refractivity contribution in [2.24, 2.45) is 0 Å². The Labute approximate surface area is 163 Å². The Bertz CT molecular complexity index is 863. The molecule has 0 saturated heterocycles. The predicted molar refractivity (Wildman–Crippen MR) is 107 cm³/mol. The van der Waals surface area contributed by atoms with Crippen molar-refractivity contribution in [3.63, 3.8) is 0 Å². The lowest BCUT2D eigenvalue weighted by Gasteiger charge is -2.28. The van der Waals surface area contributed by atoms with Gasteiger partial charge in [0.2, 0.25) is 5.91 Å². The van der Waals surface area contributed by atoms with Gasteiger partial charge in [-0.1, -0.05) is 72.3 Å². The average molecular weight is 383 g/mol. The normalized spacial score (nSPS) is 11.0. The van der Waals surface area contributed by atoms with Crippen LogP contribution in [0.3, 0.4) is 0 Å². The molecule has 0 atom stereocenters. The first-order chi connectivity index (χ1) is 13.0. The summed E-state index contributed by atoms with van der Waals surface area (Å²) in [5.74, 6) is -0.825. The van der Waals surface area contributed by atoms with Crippen LogP contribution >= 0.6 is 11.6 Å². The zero-order valence-corrected chi connectivity index (χ0v) is 15.7. The van der Waals surface area contributed by atoms with E-state index in [0.717, 1.165) is 11.1 Å². The van der Waals surface area contributed by atoms with Crippen molar-refractivity contribution >= 4 is 23.2 Å². The summed E-state index contributed by atoms with van der Waals surface area (Å²) in [5, 5.41) is 2.97. The second-order valence-corrected chi connectivity index (χ2v) is 6.75. The minimum Gasteiger partial charge on any atom is -0.322 e. The van der Waals surface area contributed by atoms with Gasteiger partial charge in [0, 0.05) is 5.02 Å². The molecule has 3 nitrogen and oxygen atoms in total. The lowest BCUT2D eigenvalue weighted by Crippen LogP contribution is -2.34. The molecule has 5 heteroatoms. The lowest BCUT2D eigenvalue weighted by atomic mass is 9.97. The minimum atomic E-state index is -0.516. The first-order valence-electron chi connectivity index (χ1n) is 8.59. The Hall–Kier alpha value is -2.69. The molecule has 1 N–H and O–H groups in total. The highest BCUT2D eigenvalue weighted by atomic mass is 35.5. The van der Waals surface area contributed by atoms with Crippen molar-refractivity contribution in [3.05, 3.63) is 101 Å². The summed E-state index contributed by atoms with van der Waals surface area (Å²) in [6.45, 7) is 0.0976. The lowest BCUT2D eigenvalue weighted by molar-refractivity contribution is -0.117. The van der Waals surface area contributed by atoms with E-state index in [4.69, 9.17) is 11.6 Å². The number of carbonyl (C=O) groups is 1. The van der Waals surface area contributed by atoms with Gasteiger partial charge in [-0.25, -0.2) is 4.39 Å². The van der Waals surface area contributed by atoms with E-state index in [2.05, 4.69) is 5.32 Å². The molecule has 0 radical (unpaired) electrons. The zero-order chi connectivity index (χ0) is 19.2. The molecule has 1 amide bonds. The molecule has 3 aromatic rings. The van der Waals surface area contributed by atoms with Gasteiger partial charge in [-0.2, -0.15) is 0 Å². The molecule has 0 unspecified atom stereocenters. The second-order valence-electron chi connectivity index (χ2n) is 6.31. The number of benzene rings is 3. The second kappa shape index (κ2) is 8.80. The fourth-order valence-electron chi connectivity index (χ4n) is 3.07. The Morgan fingerprint density at radius 1 is 1.00 bits per heavy atom. The Morgan fingerprint density at radius 2 is 1.56 bits per heavy atom. The average Bonchev–Trinajstić information content (AvgIpc) is 2.66. The summed E-state index contributed by atoms with van der Waals surface area (Å²) in [5.41, 5.74) is 2.23. The fourth-order valence-corrected chi connectivity index (χ4v) is 3.24. The van der Waals surface area contributed by atoms with E-state index >= 15 is 0 Å². The largest absolute Gasteiger partial charge is 0.322 e. The van der Waals surface area contributed by atoms with E-state index in [1.165, 1.54) is 18.2 Å². The summed E-state index contributed by atoms with van der Waals surface area (Å²) >= 11 is 5.89. The third-order valence-electron chi connectivity index (χ3n) is 4.27. The first kappa shape index (κ1) is 19.1. The third-order valence-corrected chi connectivity index (χ3v) is 4.50. The Balaban J connectivity index is 1.79. The van der Waals surface area contributed by atoms with Gasteiger partial charge in [-0.3, -0.25) is 9.69 Å². The van der Waals surface area contributed by atoms with Crippen LogP contribution in [0.2, 0.25) is 5.02 Å². The standard InChI is InChI=1S/C22H20ClFN2O/c1-26(15-21(27)25-20-14-18(23)12-13-19(20)24)22(16-8-4-2-5-9-16)17-10-6-3-7-11-17/h2-14,22H,15H2,1H3,(H,25,27). The molecule has 0 aromatic heterocycles. The van der Waals surface area contributed by atoms with Crippen LogP contribution in [-0.2, 0) is 4.79 Å². The van der Waals surface area contributed by atoms with Gasteiger partial charge in [-0.15, -0.1) is 0 Å². The highest BCUT2D eigenvalue weighted by molar-refractivity contribution is 6.30. The van der Waals surface area contributed by atoms with Gasteiger partial charge in [-0.05, 0) is 36.4 Å². The van der Waals surface area contributed by atoms with Gasteiger partial charge in [0.1, 0.15) is 5.82 Å². The molecule has 0 aliphatic heterocycles. The van der Waals surface area contributed by atoms with Crippen LogP contribution in [0.1, 0.15) is 17.2 Å². The van der Waals surface area contributed by atoms with Crippen molar-refractivity contribution in [2.75, 3.05) is 18.9 Å². The van der Waals surface area contributed by atoms with Crippen LogP contribution in [0.5, 0.6) is 0 Å². The molecule has 0 aliphatic rings. The molecule has 0 fully saturated rings. The Kier molecular flexibility index (Phi) is 6.22. The van der Waals surface area contributed by atoms with Crippen LogP contribution < -0.4 is 5.32 Å². The quantitative estimate of drug-likeness (QED) is 0.640. The van der Waals surface area contributed by atoms with Crippen molar-refractivity contribution in [1.29, 1.82) is 0 Å². The number of amides is 1. The number of nitrogens with one attached hydrogen (secondary N) is 1. The fraction of sp³-hybridized carbons (Fsp3) is 0.136. The highest BCUT2D eigenvalue weighted by Crippen LogP contribution is 2.27. The molecule has 27 heavy (non-hydrogen) atoms. The van der Waals surface area contributed by atoms with E-state index in [-0.39, 0.29) is 24.2 Å². The van der Waals surface area contributed by atoms with Gasteiger partial charge < -0.3 is 5.32 Å². The van der Waals surface area contributed by atoms with Crippen LogP contribution in [-0.4, -0.2) is 24.4 Å². The van der Waals surface area contributed by atoms with E-state index in [1.54, 1.807) is 0 Å². The monoisotopic (exact) mass is 382 g/mol. The number of rotatable bonds is 6. The maximum absolute atomic E-state index is 13.9. The van der Waals surface area contributed by atoms with Crippen molar-refractivity contribution in [2.45, 2.75) is 6.04 Å². The molecule has 0 aliphatic carbocycles. The minimum absolute atomic E-state index is 0.0804. The number of hydrogen-bond acceptors (Lipinski definition) is 2. The van der Waals surface area contributed by atoms with Gasteiger partial charge in [0.05, 0.1) is 18.3 Å². The van der Waals surface area contributed by atoms with Crippen molar-refractivity contribution < 1.29 is 9.18 Å². The highest BCUT2D eigenvalue weighted by Gasteiger charge is 2.21. The third kappa shape index (κ3) is 4.94. The summed E-state index contributed by atoms with van der Waals surface area (Å²) in [6, 6.07) is 23.9. The molecule has 0 spiro atoms. The smallest absolute Gasteiger partial charge is 0.238 e. The van der Waals surface area contributed by atoms with Gasteiger partial charge >= 0.3 is 0 Å². The number of anilines is 1. The number of hydrogen-bond donors (Lipinski definition) is 1. The SMILES string of the molecule is CN(CC(=O)Nc1cc(Cl)ccc1F)C(c1ccccc1)c1ccccc1. The topological polar surface area (TPSA) is 32.3 Å². The molecular weight excluding hydrogens is 363 g/mol. The van der Waals surface area contributed by atoms with Gasteiger partial charge in [0.15, 0.2) is 0 Å². The predicted octanol–water partition coefficient (Wildman–Crippen LogP) is 5.14. The van der Waals surface area contributed by atoms with Gasteiger partial charge in [0.25, 0.3) is 0 Å². The molecular formula is C22H20ClFN2O. The summed E-state index contributed by atoms with van der Waals surface area (Å²) < 4.78 is 13.9. The maximum atomic E-state index is 13.9. The number of nitrogens with zero attached hydrogens (tertiary/aromatic N) is 1. The van der Waals surface area contributed by atoms with E-state index < -0.39 is 5.82 Å². The molecule has 0 heterocycles. The van der Waals surface area contributed by atoms with E-state index in [1.807, 2.05) is 72.6 Å². The summed E-state index contributed by atoms with van der Waals surface area (Å²) in [6.07, 6.45) is 0. The number of likely N-dealkylation sites (N-methyl/N-ethyl adjacent to an activating group) is 1. The maximum Gasteiger partial charge on any atom is 0.238 e. The van der Waals surface area contributed by atoms with Crippen LogP contribution in [0, 0.1) is 5.82 Å². The van der Waals surface area contributed by atoms with Crippen LogP contribution in [0.15, 0.2) is 78.9 Å². The summed E-state index contributed by atoms with van der Waals surface area (Å²) in [4.78, 5) is 14.4. The summed E-state index contributed by atoms with van der Waals surface area (Å²) in [7, 11) is 1.87. The van der Waals surface area contributed by atoms with E-state index in [0.29, 0.717) is 5.02 Å². The zero-order valence-electron chi connectivity index (χ0n) is 14.9. The molecule has 0 bridgehead atoms. The van der Waals surface area contributed by atoms with Crippen LogP contribution in [0.25, 0.3) is 0 Å². The van der Waals surface area contributed by atoms with Crippen molar-refractivity contribution in [3.8, 4) is 0 Å². The molecule has 0 saturated carbocycles. The van der Waals surface area contributed by atoms with E-state index in [9.17, 15) is 9.18 Å². The number of carbonyl (C=O) groups excluding carboxylic acids is 1. The Morgan fingerprint density at radius 3 is 2.11 bits per heavy atom. The number of halogens is 2. The van der Waals surface area contributed by atoms with Crippen molar-refractivity contribution in [1.82, 2.24) is 4.90 Å². The molecule has 3 aromatic carbocycles. The first-order valence-corrected chi connectivity index (χ1v) is 8.97.